The molecule has 2 aliphatic heterocycles. The summed E-state index contributed by atoms with van der Waals surface area (Å²) in [6, 6.07) is 10.4. The molecule has 3 aliphatic rings. The summed E-state index contributed by atoms with van der Waals surface area (Å²) >= 11 is 0. The largest absolute Gasteiger partial charge is 0.493 e. The molecule has 6 rings (SSSR count). The number of anilines is 1. The van der Waals surface area contributed by atoms with Crippen LogP contribution in [0.15, 0.2) is 42.7 Å². The van der Waals surface area contributed by atoms with E-state index in [1.807, 2.05) is 37.6 Å². The van der Waals surface area contributed by atoms with Gasteiger partial charge in [0.2, 0.25) is 5.91 Å². The van der Waals surface area contributed by atoms with Crippen molar-refractivity contribution < 1.29 is 19.1 Å². The molecule has 42 heavy (non-hydrogen) atoms. The molecule has 224 valence electrons. The Kier molecular flexibility index (Phi) is 8.93. The standard InChI is InChI=1S/C33H43N5O4/c1-2-3-4-20-42-30-22-27(9-10-28(30)25-7-8-25)38-16-5-14-37(33(38)40)23-26-11-13-34-32-29(26)12-17-36(32)24-31(39)35-15-6-19-41-21-18-35/h9-13,17,22,25H,2-8,14-16,18-21,23-24H2,1H3. The SMILES string of the molecule is CCCCCOc1cc(N2CCCN(Cc3ccnc4c3ccn4CC(=O)N3CCCOCC3)C2=O)ccc1C1CC1. The summed E-state index contributed by atoms with van der Waals surface area (Å²) in [7, 11) is 0. The first-order valence-electron chi connectivity index (χ1n) is 15.7. The third-order valence-electron chi connectivity index (χ3n) is 8.64. The number of fused-ring (bicyclic) bond motifs is 1. The lowest BCUT2D eigenvalue weighted by Crippen LogP contribution is -2.49. The fraction of sp³-hybridized carbons (Fsp3) is 0.545. The van der Waals surface area contributed by atoms with Crippen LogP contribution in [-0.2, 0) is 22.6 Å². The molecule has 3 aromatic rings. The topological polar surface area (TPSA) is 80.1 Å². The predicted octanol–water partition coefficient (Wildman–Crippen LogP) is 5.56. The third-order valence-corrected chi connectivity index (χ3v) is 8.64. The molecule has 2 saturated heterocycles. The quantitative estimate of drug-likeness (QED) is 0.281. The molecule has 1 aliphatic carbocycles. The van der Waals surface area contributed by atoms with Gasteiger partial charge in [0, 0.05) is 68.9 Å². The number of carbonyl (C=O) groups excluding carboxylic acids is 2. The molecule has 0 atom stereocenters. The number of nitrogens with zero attached hydrogens (tertiary/aromatic N) is 5. The van der Waals surface area contributed by atoms with Gasteiger partial charge in [-0.3, -0.25) is 9.69 Å². The van der Waals surface area contributed by atoms with Crippen LogP contribution in [0.1, 0.15) is 68.9 Å². The molecule has 0 spiro atoms. The van der Waals surface area contributed by atoms with Crippen LogP contribution in [0.5, 0.6) is 5.75 Å². The van der Waals surface area contributed by atoms with Gasteiger partial charge in [-0.2, -0.15) is 0 Å². The highest BCUT2D eigenvalue weighted by atomic mass is 16.5. The number of rotatable bonds is 11. The number of carbonyl (C=O) groups is 2. The maximum Gasteiger partial charge on any atom is 0.324 e. The van der Waals surface area contributed by atoms with E-state index in [2.05, 4.69) is 30.1 Å². The minimum atomic E-state index is 0.0142. The summed E-state index contributed by atoms with van der Waals surface area (Å²) in [6.07, 6.45) is 11.3. The molecule has 3 fully saturated rings. The first-order chi connectivity index (χ1) is 20.6. The van der Waals surface area contributed by atoms with Gasteiger partial charge in [-0.25, -0.2) is 9.78 Å². The van der Waals surface area contributed by atoms with Gasteiger partial charge in [-0.1, -0.05) is 25.8 Å². The Labute approximate surface area is 248 Å². The van der Waals surface area contributed by atoms with E-state index in [1.165, 1.54) is 18.4 Å². The Morgan fingerprint density at radius 2 is 1.95 bits per heavy atom. The number of pyridine rings is 1. The van der Waals surface area contributed by atoms with Crippen molar-refractivity contribution in [2.75, 3.05) is 50.9 Å². The van der Waals surface area contributed by atoms with Gasteiger partial charge in [0.25, 0.3) is 0 Å². The average molecular weight is 574 g/mol. The fourth-order valence-corrected chi connectivity index (χ4v) is 6.11. The number of ether oxygens (including phenoxy) is 2. The van der Waals surface area contributed by atoms with Crippen molar-refractivity contribution in [3.63, 3.8) is 0 Å². The highest BCUT2D eigenvalue weighted by Gasteiger charge is 2.31. The average Bonchev–Trinajstić information content (AvgIpc) is 3.82. The van der Waals surface area contributed by atoms with E-state index in [0.717, 1.165) is 66.7 Å². The molecule has 0 N–H and O–H groups in total. The van der Waals surface area contributed by atoms with Gasteiger partial charge in [0.05, 0.1) is 13.2 Å². The van der Waals surface area contributed by atoms with Crippen LogP contribution < -0.4 is 9.64 Å². The maximum absolute atomic E-state index is 13.8. The normalized spacial score (nSPS) is 18.0. The molecule has 2 aromatic heterocycles. The summed E-state index contributed by atoms with van der Waals surface area (Å²) in [5.41, 5.74) is 3.99. The van der Waals surface area contributed by atoms with Crippen molar-refractivity contribution in [3.8, 4) is 5.75 Å². The second kappa shape index (κ2) is 13.2. The van der Waals surface area contributed by atoms with Crippen molar-refractivity contribution in [2.24, 2.45) is 0 Å². The number of unbranched alkanes of at least 4 members (excludes halogenated alkanes) is 2. The predicted molar refractivity (Wildman–Crippen MR) is 163 cm³/mol. The Hall–Kier alpha value is -3.59. The molecule has 1 aromatic carbocycles. The fourth-order valence-electron chi connectivity index (χ4n) is 6.11. The zero-order valence-corrected chi connectivity index (χ0v) is 24.8. The van der Waals surface area contributed by atoms with Gasteiger partial charge in [0.15, 0.2) is 0 Å². The summed E-state index contributed by atoms with van der Waals surface area (Å²) < 4.78 is 13.7. The summed E-state index contributed by atoms with van der Waals surface area (Å²) in [5, 5.41) is 0.978. The lowest BCUT2D eigenvalue weighted by Gasteiger charge is -2.36. The molecule has 0 unspecified atom stereocenters. The van der Waals surface area contributed by atoms with E-state index in [-0.39, 0.29) is 18.5 Å². The molecular weight excluding hydrogens is 530 g/mol. The molecule has 1 saturated carbocycles. The lowest BCUT2D eigenvalue weighted by atomic mass is 10.1. The Morgan fingerprint density at radius 3 is 2.81 bits per heavy atom. The molecule has 9 heteroatoms. The second-order valence-electron chi connectivity index (χ2n) is 11.8. The highest BCUT2D eigenvalue weighted by molar-refractivity contribution is 5.93. The highest BCUT2D eigenvalue weighted by Crippen LogP contribution is 2.45. The van der Waals surface area contributed by atoms with E-state index in [9.17, 15) is 9.59 Å². The van der Waals surface area contributed by atoms with Gasteiger partial charge < -0.3 is 23.8 Å². The van der Waals surface area contributed by atoms with Crippen LogP contribution in [0.3, 0.4) is 0 Å². The minimum Gasteiger partial charge on any atom is -0.493 e. The zero-order chi connectivity index (χ0) is 28.9. The number of benzene rings is 1. The first kappa shape index (κ1) is 28.5. The van der Waals surface area contributed by atoms with E-state index < -0.39 is 0 Å². The molecule has 0 bridgehead atoms. The molecular formula is C33H43N5O4. The molecule has 0 radical (unpaired) electrons. The maximum atomic E-state index is 13.8. The van der Waals surface area contributed by atoms with Crippen LogP contribution in [0.25, 0.3) is 11.0 Å². The van der Waals surface area contributed by atoms with Crippen LogP contribution in [0.4, 0.5) is 10.5 Å². The number of aromatic nitrogens is 2. The molecule has 9 nitrogen and oxygen atoms in total. The summed E-state index contributed by atoms with van der Waals surface area (Å²) in [6.45, 7) is 7.69. The smallest absolute Gasteiger partial charge is 0.324 e. The monoisotopic (exact) mass is 573 g/mol. The minimum absolute atomic E-state index is 0.0142. The molecule has 3 amide bonds. The van der Waals surface area contributed by atoms with E-state index in [0.29, 0.717) is 51.9 Å². The van der Waals surface area contributed by atoms with Crippen LogP contribution >= 0.6 is 0 Å². The number of hydrogen-bond acceptors (Lipinski definition) is 5. The van der Waals surface area contributed by atoms with Crippen molar-refractivity contribution in [1.29, 1.82) is 0 Å². The zero-order valence-electron chi connectivity index (χ0n) is 24.8. The number of amides is 3. The van der Waals surface area contributed by atoms with E-state index in [4.69, 9.17) is 9.47 Å². The van der Waals surface area contributed by atoms with E-state index in [1.54, 1.807) is 6.20 Å². The van der Waals surface area contributed by atoms with Gasteiger partial charge in [0.1, 0.15) is 17.9 Å². The Balaban J connectivity index is 1.16. The Morgan fingerprint density at radius 1 is 1.05 bits per heavy atom. The van der Waals surface area contributed by atoms with Gasteiger partial charge >= 0.3 is 6.03 Å². The van der Waals surface area contributed by atoms with Gasteiger partial charge in [-0.15, -0.1) is 0 Å². The second-order valence-corrected chi connectivity index (χ2v) is 11.8. The van der Waals surface area contributed by atoms with Crippen molar-refractivity contribution in [2.45, 2.75) is 70.9 Å². The Bertz CT molecular complexity index is 1390. The van der Waals surface area contributed by atoms with Crippen LogP contribution in [0.2, 0.25) is 0 Å². The summed E-state index contributed by atoms with van der Waals surface area (Å²) in [4.78, 5) is 37.1. The third kappa shape index (κ3) is 6.41. The van der Waals surface area contributed by atoms with Gasteiger partial charge in [-0.05, 0) is 67.3 Å². The van der Waals surface area contributed by atoms with Crippen molar-refractivity contribution in [3.05, 3.63) is 53.9 Å². The van der Waals surface area contributed by atoms with Crippen molar-refractivity contribution >= 4 is 28.7 Å². The number of urea groups is 1. The van der Waals surface area contributed by atoms with E-state index >= 15 is 0 Å². The van der Waals surface area contributed by atoms with Crippen LogP contribution in [-0.4, -0.2) is 77.3 Å². The molecule has 4 heterocycles. The summed E-state index contributed by atoms with van der Waals surface area (Å²) in [5.74, 6) is 1.60. The lowest BCUT2D eigenvalue weighted by molar-refractivity contribution is -0.131. The first-order valence-corrected chi connectivity index (χ1v) is 15.7. The van der Waals surface area contributed by atoms with Crippen molar-refractivity contribution in [1.82, 2.24) is 19.4 Å². The van der Waals surface area contributed by atoms with Crippen LogP contribution in [0, 0.1) is 0 Å². The number of hydrogen-bond donors (Lipinski definition) is 0.